The van der Waals surface area contributed by atoms with Gasteiger partial charge in [0.05, 0.1) is 5.41 Å². The van der Waals surface area contributed by atoms with E-state index in [-0.39, 0.29) is 5.92 Å². The van der Waals surface area contributed by atoms with Crippen LogP contribution in [0.25, 0.3) is 16.7 Å². The molecule has 0 aliphatic heterocycles. The summed E-state index contributed by atoms with van der Waals surface area (Å²) in [5.74, 6) is -0.0645. The van der Waals surface area contributed by atoms with Crippen molar-refractivity contribution in [3.63, 3.8) is 0 Å². The normalized spacial score (nSPS) is 17.9. The van der Waals surface area contributed by atoms with Crippen LogP contribution in [0.4, 0.5) is 0 Å². The number of allylic oxidation sites excluding steroid dienone is 4. The van der Waals surface area contributed by atoms with E-state index in [1.165, 1.54) is 39.0 Å². The number of benzene rings is 6. The predicted octanol–water partition coefficient (Wildman–Crippen LogP) is 12.4. The molecule has 0 saturated carbocycles. The van der Waals surface area contributed by atoms with E-state index in [1.807, 2.05) is 6.07 Å². The van der Waals surface area contributed by atoms with Crippen LogP contribution in [-0.4, -0.2) is 0 Å². The minimum Gasteiger partial charge on any atom is -0.0841 e. The van der Waals surface area contributed by atoms with Crippen molar-refractivity contribution >= 4 is 39.9 Å². The van der Waals surface area contributed by atoms with Crippen LogP contribution in [-0.2, 0) is 5.41 Å². The lowest BCUT2D eigenvalue weighted by Gasteiger charge is -2.48. The average Bonchev–Trinajstić information content (AvgIpc) is 3.11. The fourth-order valence-electron chi connectivity index (χ4n) is 7.21. The molecule has 0 fully saturated rings. The van der Waals surface area contributed by atoms with Gasteiger partial charge in [-0.1, -0.05) is 169 Å². The van der Waals surface area contributed by atoms with Gasteiger partial charge in [0.25, 0.3) is 0 Å². The zero-order valence-electron chi connectivity index (χ0n) is 25.9. The first-order valence-electron chi connectivity index (χ1n) is 15.7. The van der Waals surface area contributed by atoms with Gasteiger partial charge in [-0.25, -0.2) is 0 Å². The minimum atomic E-state index is -0.616. The molecule has 0 bridgehead atoms. The molecule has 6 aromatic carbocycles. The van der Waals surface area contributed by atoms with Gasteiger partial charge in [-0.2, -0.15) is 0 Å². The maximum absolute atomic E-state index is 6.74. The lowest BCUT2D eigenvalue weighted by molar-refractivity contribution is 0.586. The third-order valence-electron chi connectivity index (χ3n) is 9.31. The monoisotopic (exact) mass is 632 g/mol. The van der Waals surface area contributed by atoms with Crippen molar-refractivity contribution in [1.82, 2.24) is 0 Å². The van der Waals surface area contributed by atoms with Crippen LogP contribution >= 0.6 is 23.2 Å². The van der Waals surface area contributed by atoms with E-state index < -0.39 is 5.41 Å². The fourth-order valence-corrected chi connectivity index (χ4v) is 7.44. The number of aryl methyl sites for hydroxylation is 2. The molecule has 0 spiro atoms. The summed E-state index contributed by atoms with van der Waals surface area (Å²) in [6.45, 7) is 4.19. The Morgan fingerprint density at radius 2 is 1.00 bits per heavy atom. The predicted molar refractivity (Wildman–Crippen MR) is 196 cm³/mol. The van der Waals surface area contributed by atoms with Crippen molar-refractivity contribution in [2.45, 2.75) is 25.2 Å². The summed E-state index contributed by atoms with van der Waals surface area (Å²) in [6.07, 6.45) is 2.50. The van der Waals surface area contributed by atoms with Crippen LogP contribution in [0.5, 0.6) is 0 Å². The Kier molecular flexibility index (Phi) is 8.26. The largest absolute Gasteiger partial charge is 0.0841 e. The Morgan fingerprint density at radius 1 is 0.478 bits per heavy atom. The molecule has 2 unspecified atom stereocenters. The van der Waals surface area contributed by atoms with Crippen LogP contribution in [0.15, 0.2) is 164 Å². The van der Waals surface area contributed by atoms with Crippen molar-refractivity contribution in [2.75, 3.05) is 0 Å². The smallest absolute Gasteiger partial charge is 0.0566 e. The lowest BCUT2D eigenvalue weighted by atomic mass is 9.53. The summed E-state index contributed by atoms with van der Waals surface area (Å²) >= 11 is 13.4. The Balaban J connectivity index is 1.74. The standard InChI is InChI=1S/C44H34Cl2/c1-30-27-35(23-25-40(30)45)38-29-39(32-15-7-3-8-16-32)44(36-21-13-6-14-22-36,37-24-26-41(46)31(2)28-37)43(34-19-11-5-12-20-34)42(38)33-17-9-4-10-18-33/h3-29,39H,1-2H3. The number of hydrogen-bond acceptors (Lipinski definition) is 0. The molecule has 1 aliphatic rings. The van der Waals surface area contributed by atoms with E-state index in [9.17, 15) is 0 Å². The van der Waals surface area contributed by atoms with Gasteiger partial charge in [0.15, 0.2) is 0 Å². The number of halogens is 2. The van der Waals surface area contributed by atoms with E-state index in [4.69, 9.17) is 23.2 Å². The van der Waals surface area contributed by atoms with Gasteiger partial charge < -0.3 is 0 Å². The molecule has 0 amide bonds. The summed E-state index contributed by atoms with van der Waals surface area (Å²) < 4.78 is 0. The van der Waals surface area contributed by atoms with E-state index in [1.54, 1.807) is 0 Å². The van der Waals surface area contributed by atoms with Crippen LogP contribution in [0, 0.1) is 13.8 Å². The average molecular weight is 634 g/mol. The van der Waals surface area contributed by atoms with Gasteiger partial charge >= 0.3 is 0 Å². The van der Waals surface area contributed by atoms with Gasteiger partial charge in [0.1, 0.15) is 0 Å². The molecule has 0 heterocycles. The summed E-state index contributed by atoms with van der Waals surface area (Å²) in [4.78, 5) is 0. The van der Waals surface area contributed by atoms with E-state index in [2.05, 4.69) is 172 Å². The van der Waals surface area contributed by atoms with Crippen molar-refractivity contribution in [3.05, 3.63) is 218 Å². The van der Waals surface area contributed by atoms with Crippen molar-refractivity contribution in [2.24, 2.45) is 0 Å². The number of rotatable bonds is 6. The molecule has 0 N–H and O–H groups in total. The van der Waals surface area contributed by atoms with Gasteiger partial charge in [-0.3, -0.25) is 0 Å². The first kappa shape index (κ1) is 30.1. The number of hydrogen-bond donors (Lipinski definition) is 0. The van der Waals surface area contributed by atoms with Gasteiger partial charge in [0.2, 0.25) is 0 Å². The minimum absolute atomic E-state index is 0.0645. The van der Waals surface area contributed by atoms with Gasteiger partial charge in [-0.05, 0) is 93.3 Å². The molecule has 6 aromatic rings. The molecule has 0 nitrogen and oxygen atoms in total. The van der Waals surface area contributed by atoms with E-state index in [0.29, 0.717) is 0 Å². The molecule has 2 atom stereocenters. The lowest BCUT2D eigenvalue weighted by Crippen LogP contribution is -2.39. The van der Waals surface area contributed by atoms with Crippen LogP contribution < -0.4 is 0 Å². The Labute approximate surface area is 282 Å². The molecule has 0 radical (unpaired) electrons. The zero-order chi connectivity index (χ0) is 31.7. The van der Waals surface area contributed by atoms with Gasteiger partial charge in [-0.15, -0.1) is 0 Å². The molecule has 224 valence electrons. The highest BCUT2D eigenvalue weighted by atomic mass is 35.5. The first-order chi connectivity index (χ1) is 22.5. The third kappa shape index (κ3) is 5.22. The zero-order valence-corrected chi connectivity index (χ0v) is 27.4. The van der Waals surface area contributed by atoms with Crippen LogP contribution in [0.2, 0.25) is 10.0 Å². The highest BCUT2D eigenvalue weighted by Gasteiger charge is 2.50. The van der Waals surface area contributed by atoms with Gasteiger partial charge in [0, 0.05) is 16.0 Å². The molecule has 7 rings (SSSR count). The maximum Gasteiger partial charge on any atom is 0.0566 e. The topological polar surface area (TPSA) is 0 Å². The molecule has 2 heteroatoms. The maximum atomic E-state index is 6.74. The SMILES string of the molecule is Cc1cc(C2=CC(c3ccccc3)C(c3ccccc3)(c3ccc(Cl)c(C)c3)C(c3ccccc3)=C2c2ccccc2)ccc1Cl. The second kappa shape index (κ2) is 12.6. The summed E-state index contributed by atoms with van der Waals surface area (Å²) in [5, 5.41) is 1.53. The van der Waals surface area contributed by atoms with Crippen LogP contribution in [0.3, 0.4) is 0 Å². The third-order valence-corrected chi connectivity index (χ3v) is 10.2. The summed E-state index contributed by atoms with van der Waals surface area (Å²) in [6, 6.07) is 56.7. The summed E-state index contributed by atoms with van der Waals surface area (Å²) in [7, 11) is 0. The molecular formula is C44H34Cl2. The highest BCUT2D eigenvalue weighted by Crippen LogP contribution is 2.61. The molecular weight excluding hydrogens is 599 g/mol. The molecule has 0 saturated heterocycles. The molecule has 1 aliphatic carbocycles. The summed E-state index contributed by atoms with van der Waals surface area (Å²) in [5.41, 5.74) is 12.3. The van der Waals surface area contributed by atoms with Crippen molar-refractivity contribution in [1.29, 1.82) is 0 Å². The highest BCUT2D eigenvalue weighted by molar-refractivity contribution is 6.32. The molecule has 46 heavy (non-hydrogen) atoms. The quantitative estimate of drug-likeness (QED) is 0.171. The second-order valence-electron chi connectivity index (χ2n) is 12.1. The van der Waals surface area contributed by atoms with E-state index in [0.717, 1.165) is 32.3 Å². The fraction of sp³-hybridized carbons (Fsp3) is 0.0909. The van der Waals surface area contributed by atoms with Crippen molar-refractivity contribution < 1.29 is 0 Å². The molecule has 0 aromatic heterocycles. The van der Waals surface area contributed by atoms with Crippen LogP contribution in [0.1, 0.15) is 50.4 Å². The Hall–Kier alpha value is -4.62. The Morgan fingerprint density at radius 3 is 1.59 bits per heavy atom. The second-order valence-corrected chi connectivity index (χ2v) is 12.9. The Bertz CT molecular complexity index is 2060. The first-order valence-corrected chi connectivity index (χ1v) is 16.5. The van der Waals surface area contributed by atoms with Crippen molar-refractivity contribution in [3.8, 4) is 0 Å². The van der Waals surface area contributed by atoms with E-state index >= 15 is 0 Å².